The molecule has 0 radical (unpaired) electrons. The van der Waals surface area contributed by atoms with E-state index in [0.717, 1.165) is 22.6 Å². The summed E-state index contributed by atoms with van der Waals surface area (Å²) in [7, 11) is 3.05. The Morgan fingerprint density at radius 1 is 1.03 bits per heavy atom. The highest BCUT2D eigenvalue weighted by atomic mass is 35.5. The fourth-order valence-corrected chi connectivity index (χ4v) is 4.93. The number of fused-ring (bicyclic) bond motifs is 1. The van der Waals surface area contributed by atoms with Crippen LogP contribution < -0.4 is 4.74 Å². The maximum absolute atomic E-state index is 12.7. The summed E-state index contributed by atoms with van der Waals surface area (Å²) in [5.74, 6) is 1.16. The first kappa shape index (κ1) is 24.2. The minimum absolute atomic E-state index is 0.275. The van der Waals surface area contributed by atoms with Gasteiger partial charge in [0.1, 0.15) is 11.8 Å². The lowest BCUT2D eigenvalue weighted by atomic mass is 9.94. The number of nitrogens with zero attached hydrogens (tertiary/aromatic N) is 4. The molecule has 1 aliphatic rings. The largest absolute Gasteiger partial charge is 0.497 e. The highest BCUT2D eigenvalue weighted by molar-refractivity contribution is 7.71. The van der Waals surface area contributed by atoms with Gasteiger partial charge in [0.05, 0.1) is 26.6 Å². The van der Waals surface area contributed by atoms with Gasteiger partial charge in [0.25, 0.3) is 0 Å². The number of esters is 1. The molecule has 0 aliphatic carbocycles. The molecule has 1 aromatic heterocycles. The van der Waals surface area contributed by atoms with Crippen molar-refractivity contribution in [1.82, 2.24) is 19.2 Å². The number of halogens is 1. The maximum atomic E-state index is 12.7. The number of rotatable bonds is 6. The number of hydrogen-bond acceptors (Lipinski definition) is 6. The topological polar surface area (TPSA) is 61.5 Å². The van der Waals surface area contributed by atoms with Crippen molar-refractivity contribution in [2.45, 2.75) is 25.7 Å². The number of ether oxygens (including phenoxy) is 2. The van der Waals surface area contributed by atoms with E-state index in [9.17, 15) is 4.79 Å². The van der Waals surface area contributed by atoms with Gasteiger partial charge >= 0.3 is 5.97 Å². The molecule has 0 spiro atoms. The summed E-state index contributed by atoms with van der Waals surface area (Å²) in [6.07, 6.45) is 0.569. The number of carbonyl (C=O) groups is 1. The normalized spacial score (nSPS) is 15.4. The molecule has 0 amide bonds. The van der Waals surface area contributed by atoms with Crippen LogP contribution in [-0.2, 0) is 29.2 Å². The third-order valence-electron chi connectivity index (χ3n) is 6.41. The van der Waals surface area contributed by atoms with Gasteiger partial charge in [0, 0.05) is 17.1 Å². The fraction of sp³-hybridized carbons (Fsp3) is 0.222. The summed E-state index contributed by atoms with van der Waals surface area (Å²) in [4.78, 5) is 14.8. The van der Waals surface area contributed by atoms with Gasteiger partial charge in [-0.2, -0.15) is 0 Å². The van der Waals surface area contributed by atoms with Crippen LogP contribution in [0.3, 0.4) is 0 Å². The monoisotopic (exact) mass is 520 g/mol. The van der Waals surface area contributed by atoms with Crippen LogP contribution in [0.15, 0.2) is 72.8 Å². The average Bonchev–Trinajstić information content (AvgIpc) is 3.23. The molecule has 0 bridgehead atoms. The molecule has 4 aromatic rings. The molecule has 0 saturated heterocycles. The zero-order valence-electron chi connectivity index (χ0n) is 19.9. The quantitative estimate of drug-likeness (QED) is 0.254. The van der Waals surface area contributed by atoms with Crippen molar-refractivity contribution in [3.8, 4) is 22.8 Å². The van der Waals surface area contributed by atoms with Crippen molar-refractivity contribution < 1.29 is 14.3 Å². The first-order valence-corrected chi connectivity index (χ1v) is 12.3. The van der Waals surface area contributed by atoms with Gasteiger partial charge in [0.15, 0.2) is 5.82 Å². The zero-order valence-corrected chi connectivity index (χ0v) is 21.5. The van der Waals surface area contributed by atoms with E-state index >= 15 is 0 Å². The summed E-state index contributed by atoms with van der Waals surface area (Å²) in [6.45, 7) is 0.917. The number of methoxy groups -OCH3 is 2. The van der Waals surface area contributed by atoms with E-state index in [0.29, 0.717) is 35.3 Å². The summed E-state index contributed by atoms with van der Waals surface area (Å²) in [6, 6.07) is 22.8. The van der Waals surface area contributed by atoms with Crippen molar-refractivity contribution >= 4 is 29.8 Å². The standard InChI is InChI=1S/C27H25ClN4O3S/c1-34-23-13-7-18(8-14-23)25-29-31(27(36)32(25)22-11-9-21(28)10-12-22)17-30-16-20-6-4-3-5-19(20)15-24(30)26(33)35-2/h3-14,24H,15-17H2,1-2H3/t24-/m0/s1. The molecule has 7 nitrogen and oxygen atoms in total. The second-order valence-corrected chi connectivity index (χ2v) is 9.35. The molecule has 2 heterocycles. The maximum Gasteiger partial charge on any atom is 0.323 e. The summed E-state index contributed by atoms with van der Waals surface area (Å²) in [5, 5.41) is 5.55. The van der Waals surface area contributed by atoms with Crippen LogP contribution in [-0.4, -0.2) is 45.5 Å². The lowest BCUT2D eigenvalue weighted by molar-refractivity contribution is -0.148. The molecule has 1 aliphatic heterocycles. The van der Waals surface area contributed by atoms with Crippen molar-refractivity contribution in [3.63, 3.8) is 0 Å². The molecular formula is C27H25ClN4O3S. The molecule has 184 valence electrons. The van der Waals surface area contributed by atoms with E-state index in [2.05, 4.69) is 17.0 Å². The van der Waals surface area contributed by atoms with Gasteiger partial charge in [-0.1, -0.05) is 35.9 Å². The highest BCUT2D eigenvalue weighted by Crippen LogP contribution is 2.28. The van der Waals surface area contributed by atoms with Gasteiger partial charge in [0.2, 0.25) is 4.77 Å². The molecule has 0 fully saturated rings. The Hall–Kier alpha value is -3.46. The minimum atomic E-state index is -0.433. The van der Waals surface area contributed by atoms with E-state index in [1.165, 1.54) is 12.7 Å². The lowest BCUT2D eigenvalue weighted by Crippen LogP contribution is -2.46. The Kier molecular flexibility index (Phi) is 6.91. The number of aromatic nitrogens is 3. The van der Waals surface area contributed by atoms with Crippen LogP contribution in [0.2, 0.25) is 5.02 Å². The molecule has 1 atom stereocenters. The number of carbonyl (C=O) groups excluding carboxylic acids is 1. The molecule has 0 saturated carbocycles. The van der Waals surface area contributed by atoms with Crippen LogP contribution >= 0.6 is 23.8 Å². The fourth-order valence-electron chi connectivity index (χ4n) is 4.52. The van der Waals surface area contributed by atoms with Crippen molar-refractivity contribution in [2.75, 3.05) is 14.2 Å². The van der Waals surface area contributed by atoms with Gasteiger partial charge in [-0.25, -0.2) is 4.68 Å². The molecule has 36 heavy (non-hydrogen) atoms. The van der Waals surface area contributed by atoms with Gasteiger partial charge < -0.3 is 9.47 Å². The second kappa shape index (κ2) is 10.3. The first-order valence-electron chi connectivity index (χ1n) is 11.5. The molecule has 0 N–H and O–H groups in total. The van der Waals surface area contributed by atoms with Crippen molar-refractivity contribution in [3.05, 3.63) is 93.7 Å². The second-order valence-electron chi connectivity index (χ2n) is 8.55. The molecule has 0 unspecified atom stereocenters. The van der Waals surface area contributed by atoms with E-state index in [4.69, 9.17) is 38.4 Å². The Balaban J connectivity index is 1.58. The summed E-state index contributed by atoms with van der Waals surface area (Å²) >= 11 is 12.1. The number of hydrogen-bond donors (Lipinski definition) is 0. The Bertz CT molecular complexity index is 1450. The number of benzene rings is 3. The Morgan fingerprint density at radius 3 is 2.39 bits per heavy atom. The third kappa shape index (κ3) is 4.67. The van der Waals surface area contributed by atoms with E-state index < -0.39 is 6.04 Å². The molecular weight excluding hydrogens is 496 g/mol. The summed E-state index contributed by atoms with van der Waals surface area (Å²) < 4.78 is 14.6. The Labute approximate surface area is 219 Å². The SMILES string of the molecule is COC(=O)[C@@H]1Cc2ccccc2CN1Cn1nc(-c2ccc(OC)cc2)n(-c2ccc(Cl)cc2)c1=S. The average molecular weight is 521 g/mol. The van der Waals surface area contributed by atoms with Crippen molar-refractivity contribution in [2.24, 2.45) is 0 Å². The predicted octanol–water partition coefficient (Wildman–Crippen LogP) is 5.29. The van der Waals surface area contributed by atoms with Crippen LogP contribution in [0.4, 0.5) is 0 Å². The Morgan fingerprint density at radius 2 is 1.72 bits per heavy atom. The molecule has 5 rings (SSSR count). The lowest BCUT2D eigenvalue weighted by Gasteiger charge is -2.34. The molecule has 3 aromatic carbocycles. The molecule has 9 heteroatoms. The van der Waals surface area contributed by atoms with Crippen LogP contribution in [0.5, 0.6) is 5.75 Å². The van der Waals surface area contributed by atoms with Gasteiger partial charge in [-0.05, 0) is 78.3 Å². The first-order chi connectivity index (χ1) is 17.5. The third-order valence-corrected chi connectivity index (χ3v) is 7.05. The minimum Gasteiger partial charge on any atom is -0.497 e. The van der Waals surface area contributed by atoms with Gasteiger partial charge in [-0.3, -0.25) is 14.3 Å². The van der Waals surface area contributed by atoms with Crippen LogP contribution in [0.1, 0.15) is 11.1 Å². The summed E-state index contributed by atoms with van der Waals surface area (Å²) in [5.41, 5.74) is 4.05. The van der Waals surface area contributed by atoms with Crippen LogP contribution in [0, 0.1) is 4.77 Å². The van der Waals surface area contributed by atoms with Crippen LogP contribution in [0.25, 0.3) is 17.1 Å². The smallest absolute Gasteiger partial charge is 0.323 e. The van der Waals surface area contributed by atoms with Gasteiger partial charge in [-0.15, -0.1) is 5.10 Å². The van der Waals surface area contributed by atoms with E-state index in [1.807, 2.05) is 65.2 Å². The van der Waals surface area contributed by atoms with Crippen molar-refractivity contribution in [1.29, 1.82) is 0 Å². The van der Waals surface area contributed by atoms with E-state index in [1.54, 1.807) is 11.8 Å². The zero-order chi connectivity index (χ0) is 25.2. The highest BCUT2D eigenvalue weighted by Gasteiger charge is 2.33. The van der Waals surface area contributed by atoms with E-state index in [-0.39, 0.29) is 5.97 Å². The predicted molar refractivity (Wildman–Crippen MR) is 141 cm³/mol.